The molecule has 16 heavy (non-hydrogen) atoms. The van der Waals surface area contributed by atoms with Gasteiger partial charge in [-0.25, -0.2) is 0 Å². The van der Waals surface area contributed by atoms with E-state index < -0.39 is 6.04 Å². The predicted molar refractivity (Wildman–Crippen MR) is 64.3 cm³/mol. The largest absolute Gasteiger partial charge is 0.497 e. The molecule has 0 aliphatic carbocycles. The third kappa shape index (κ3) is 3.21. The molecule has 1 aromatic carbocycles. The predicted octanol–water partition coefficient (Wildman–Crippen LogP) is 2.02. The van der Waals surface area contributed by atoms with E-state index >= 15 is 0 Å². The van der Waals surface area contributed by atoms with Gasteiger partial charge < -0.3 is 15.2 Å². The van der Waals surface area contributed by atoms with Crippen LogP contribution in [-0.4, -0.2) is 20.2 Å². The zero-order valence-corrected chi connectivity index (χ0v) is 10.8. The Morgan fingerprint density at radius 2 is 2.19 bits per heavy atom. The molecule has 1 rings (SSSR count). The van der Waals surface area contributed by atoms with Crippen LogP contribution in [0.4, 0.5) is 0 Å². The van der Waals surface area contributed by atoms with Gasteiger partial charge >= 0.3 is 5.97 Å². The number of halogens is 1. The second-order valence-corrected chi connectivity index (χ2v) is 4.13. The Balaban J connectivity index is 2.88. The van der Waals surface area contributed by atoms with Crippen LogP contribution in [0.15, 0.2) is 22.7 Å². The van der Waals surface area contributed by atoms with E-state index in [0.717, 1.165) is 10.0 Å². The summed E-state index contributed by atoms with van der Waals surface area (Å²) >= 11 is 3.38. The molecule has 0 saturated carbocycles. The van der Waals surface area contributed by atoms with Crippen molar-refractivity contribution in [2.24, 2.45) is 5.73 Å². The molecule has 0 saturated heterocycles. The van der Waals surface area contributed by atoms with Gasteiger partial charge in [-0.3, -0.25) is 4.79 Å². The molecule has 0 bridgehead atoms. The highest BCUT2D eigenvalue weighted by Crippen LogP contribution is 2.28. The topological polar surface area (TPSA) is 61.5 Å². The Labute approximate surface area is 103 Å². The molecule has 1 atom stereocenters. The fourth-order valence-electron chi connectivity index (χ4n) is 1.31. The van der Waals surface area contributed by atoms with Crippen LogP contribution in [0.5, 0.6) is 5.75 Å². The van der Waals surface area contributed by atoms with Crippen molar-refractivity contribution in [3.05, 3.63) is 28.2 Å². The highest BCUT2D eigenvalue weighted by molar-refractivity contribution is 9.10. The summed E-state index contributed by atoms with van der Waals surface area (Å²) in [6.07, 6.45) is 0.141. The van der Waals surface area contributed by atoms with Gasteiger partial charge in [0, 0.05) is 10.5 Å². The fraction of sp³-hybridized carbons (Fsp3) is 0.364. The fourth-order valence-corrected chi connectivity index (χ4v) is 1.85. The lowest BCUT2D eigenvalue weighted by molar-refractivity contribution is -0.141. The van der Waals surface area contributed by atoms with Crippen LogP contribution in [-0.2, 0) is 9.53 Å². The minimum Gasteiger partial charge on any atom is -0.497 e. The number of benzene rings is 1. The summed E-state index contributed by atoms with van der Waals surface area (Å²) in [6, 6.07) is 5.05. The van der Waals surface area contributed by atoms with Crippen LogP contribution >= 0.6 is 15.9 Å². The van der Waals surface area contributed by atoms with E-state index in [2.05, 4.69) is 20.7 Å². The first kappa shape index (κ1) is 13.0. The second kappa shape index (κ2) is 5.86. The molecule has 5 heteroatoms. The average Bonchev–Trinajstić information content (AvgIpc) is 2.29. The number of carbonyl (C=O) groups excluding carboxylic acids is 1. The summed E-state index contributed by atoms with van der Waals surface area (Å²) < 4.78 is 10.5. The maximum atomic E-state index is 11.1. The van der Waals surface area contributed by atoms with Crippen molar-refractivity contribution in [3.63, 3.8) is 0 Å². The van der Waals surface area contributed by atoms with Crippen LogP contribution in [0.25, 0.3) is 0 Å². The molecule has 1 aromatic rings. The number of methoxy groups -OCH3 is 2. The van der Waals surface area contributed by atoms with Crippen molar-refractivity contribution in [1.82, 2.24) is 0 Å². The number of rotatable bonds is 4. The molecular weight excluding hydrogens is 274 g/mol. The molecule has 4 nitrogen and oxygen atoms in total. The standard InChI is InChI=1S/C11H14BrNO3/c1-15-7-3-4-9(12)8(5-7)10(13)6-11(14)16-2/h3-5,10H,6,13H2,1-2H3/t10-/m1/s1. The minimum atomic E-state index is -0.406. The molecule has 0 unspecified atom stereocenters. The summed E-state index contributed by atoms with van der Waals surface area (Å²) in [6.45, 7) is 0. The van der Waals surface area contributed by atoms with Gasteiger partial charge in [0.2, 0.25) is 0 Å². The summed E-state index contributed by atoms with van der Waals surface area (Å²) in [5.41, 5.74) is 6.73. The Morgan fingerprint density at radius 1 is 1.50 bits per heavy atom. The highest BCUT2D eigenvalue weighted by Gasteiger charge is 2.15. The molecule has 0 spiro atoms. The molecule has 0 radical (unpaired) electrons. The van der Waals surface area contributed by atoms with Gasteiger partial charge in [0.15, 0.2) is 0 Å². The van der Waals surface area contributed by atoms with Gasteiger partial charge in [-0.15, -0.1) is 0 Å². The lowest BCUT2D eigenvalue weighted by Gasteiger charge is -2.13. The lowest BCUT2D eigenvalue weighted by atomic mass is 10.0. The first-order valence-corrected chi connectivity index (χ1v) is 5.53. The average molecular weight is 288 g/mol. The van der Waals surface area contributed by atoms with Crippen molar-refractivity contribution < 1.29 is 14.3 Å². The SMILES string of the molecule is COC(=O)C[C@@H](N)c1cc(OC)ccc1Br. The Hall–Kier alpha value is -1.07. The number of carbonyl (C=O) groups is 1. The van der Waals surface area contributed by atoms with E-state index in [4.69, 9.17) is 10.5 Å². The first-order valence-electron chi connectivity index (χ1n) is 4.74. The van der Waals surface area contributed by atoms with E-state index in [9.17, 15) is 4.79 Å². The van der Waals surface area contributed by atoms with E-state index in [-0.39, 0.29) is 12.4 Å². The molecule has 0 heterocycles. The van der Waals surface area contributed by atoms with E-state index in [1.54, 1.807) is 13.2 Å². The van der Waals surface area contributed by atoms with Gasteiger partial charge in [-0.2, -0.15) is 0 Å². The number of hydrogen-bond acceptors (Lipinski definition) is 4. The Morgan fingerprint density at radius 3 is 2.75 bits per heavy atom. The minimum absolute atomic E-state index is 0.141. The van der Waals surface area contributed by atoms with Crippen molar-refractivity contribution in [3.8, 4) is 5.75 Å². The molecule has 0 aliphatic heterocycles. The molecule has 0 aliphatic rings. The molecule has 2 N–H and O–H groups in total. The quantitative estimate of drug-likeness (QED) is 0.861. The molecule has 0 amide bonds. The maximum Gasteiger partial charge on any atom is 0.307 e. The number of hydrogen-bond donors (Lipinski definition) is 1. The number of esters is 1. The van der Waals surface area contributed by atoms with Crippen LogP contribution in [0, 0.1) is 0 Å². The second-order valence-electron chi connectivity index (χ2n) is 3.27. The molecule has 0 fully saturated rings. The van der Waals surface area contributed by atoms with Gasteiger partial charge in [0.25, 0.3) is 0 Å². The smallest absolute Gasteiger partial charge is 0.307 e. The van der Waals surface area contributed by atoms with E-state index in [0.29, 0.717) is 5.75 Å². The third-order valence-corrected chi connectivity index (χ3v) is 2.94. The van der Waals surface area contributed by atoms with Crippen LogP contribution in [0.2, 0.25) is 0 Å². The summed E-state index contributed by atoms with van der Waals surface area (Å²) in [5, 5.41) is 0. The summed E-state index contributed by atoms with van der Waals surface area (Å²) in [4.78, 5) is 11.1. The van der Waals surface area contributed by atoms with Gasteiger partial charge in [0.05, 0.1) is 20.6 Å². The van der Waals surface area contributed by atoms with Gasteiger partial charge in [0.1, 0.15) is 5.75 Å². The van der Waals surface area contributed by atoms with Crippen LogP contribution < -0.4 is 10.5 Å². The van der Waals surface area contributed by atoms with Crippen molar-refractivity contribution in [2.75, 3.05) is 14.2 Å². The zero-order chi connectivity index (χ0) is 12.1. The third-order valence-electron chi connectivity index (χ3n) is 2.22. The van der Waals surface area contributed by atoms with E-state index in [1.807, 2.05) is 12.1 Å². The molecule has 88 valence electrons. The van der Waals surface area contributed by atoms with Crippen molar-refractivity contribution >= 4 is 21.9 Å². The lowest BCUT2D eigenvalue weighted by Crippen LogP contribution is -2.16. The first-order chi connectivity index (χ1) is 7.58. The Bertz CT molecular complexity index is 381. The van der Waals surface area contributed by atoms with Gasteiger partial charge in [-0.05, 0) is 23.8 Å². The van der Waals surface area contributed by atoms with Crippen molar-refractivity contribution in [1.29, 1.82) is 0 Å². The number of ether oxygens (including phenoxy) is 2. The monoisotopic (exact) mass is 287 g/mol. The zero-order valence-electron chi connectivity index (χ0n) is 9.20. The maximum absolute atomic E-state index is 11.1. The van der Waals surface area contributed by atoms with Crippen LogP contribution in [0.3, 0.4) is 0 Å². The molecular formula is C11H14BrNO3. The van der Waals surface area contributed by atoms with Crippen molar-refractivity contribution in [2.45, 2.75) is 12.5 Å². The highest BCUT2D eigenvalue weighted by atomic mass is 79.9. The number of nitrogens with two attached hydrogens (primary N) is 1. The summed E-state index contributed by atoms with van der Waals surface area (Å²) in [7, 11) is 2.93. The molecule has 0 aromatic heterocycles. The normalized spacial score (nSPS) is 12.0. The van der Waals surface area contributed by atoms with Crippen LogP contribution in [0.1, 0.15) is 18.0 Å². The van der Waals surface area contributed by atoms with Gasteiger partial charge in [-0.1, -0.05) is 15.9 Å². The van der Waals surface area contributed by atoms with E-state index in [1.165, 1.54) is 7.11 Å². The summed E-state index contributed by atoms with van der Waals surface area (Å²) in [5.74, 6) is 0.376. The Kier molecular flexibility index (Phi) is 4.76.